The van der Waals surface area contributed by atoms with Crippen LogP contribution in [0.4, 0.5) is 0 Å². The first-order valence-corrected chi connectivity index (χ1v) is 10.3. The van der Waals surface area contributed by atoms with E-state index >= 15 is 0 Å². The summed E-state index contributed by atoms with van der Waals surface area (Å²) in [5, 5.41) is 6.99. The van der Waals surface area contributed by atoms with E-state index in [9.17, 15) is 4.79 Å². The number of amides is 1. The van der Waals surface area contributed by atoms with Gasteiger partial charge in [-0.25, -0.2) is 4.99 Å². The van der Waals surface area contributed by atoms with Gasteiger partial charge in [0, 0.05) is 20.1 Å². The van der Waals surface area contributed by atoms with Crippen molar-refractivity contribution >= 4 is 35.8 Å². The van der Waals surface area contributed by atoms with Gasteiger partial charge in [-0.15, -0.1) is 24.0 Å². The first-order chi connectivity index (χ1) is 13.3. The van der Waals surface area contributed by atoms with Gasteiger partial charge >= 0.3 is 0 Å². The number of hydrogen-bond acceptors (Lipinski definition) is 3. The highest BCUT2D eigenvalue weighted by atomic mass is 127. The van der Waals surface area contributed by atoms with Gasteiger partial charge in [0.1, 0.15) is 6.54 Å². The zero-order chi connectivity index (χ0) is 20.5. The van der Waals surface area contributed by atoms with Crippen LogP contribution in [0.3, 0.4) is 0 Å². The lowest BCUT2D eigenvalue weighted by molar-refractivity contribution is -0.127. The summed E-state index contributed by atoms with van der Waals surface area (Å²) >= 11 is 0. The van der Waals surface area contributed by atoms with Gasteiger partial charge in [-0.05, 0) is 52.0 Å². The molecule has 0 bridgehead atoms. The second kappa shape index (κ2) is 13.1. The largest absolute Gasteiger partial charge is 0.376 e. The summed E-state index contributed by atoms with van der Waals surface area (Å²) < 4.78 is 5.95. The summed E-state index contributed by atoms with van der Waals surface area (Å²) in [7, 11) is 3.50. The summed E-state index contributed by atoms with van der Waals surface area (Å²) in [4.78, 5) is 18.1. The van der Waals surface area contributed by atoms with Crippen LogP contribution in [0.1, 0.15) is 58.1 Å². The Morgan fingerprint density at radius 3 is 2.31 bits per heavy atom. The third-order valence-corrected chi connectivity index (χ3v) is 5.00. The minimum atomic E-state index is -0.0116. The SMILES string of the molecule is CC(C)OC1CCC(NC(=NCC(=O)N(C)C)NC(C)c2ccccc2)CC1.I. The third kappa shape index (κ3) is 9.33. The fourth-order valence-corrected chi connectivity index (χ4v) is 3.37. The number of rotatable bonds is 7. The van der Waals surface area contributed by atoms with Crippen molar-refractivity contribution in [2.75, 3.05) is 20.6 Å². The Kier molecular flexibility index (Phi) is 11.6. The zero-order valence-electron chi connectivity index (χ0n) is 18.4. The number of likely N-dealkylation sites (N-methyl/N-ethyl adjacent to an activating group) is 1. The van der Waals surface area contributed by atoms with Gasteiger partial charge in [0.05, 0.1) is 18.2 Å². The average Bonchev–Trinajstić information content (AvgIpc) is 2.67. The van der Waals surface area contributed by atoms with Crippen LogP contribution in [-0.4, -0.2) is 55.7 Å². The van der Waals surface area contributed by atoms with Crippen LogP contribution in [0, 0.1) is 0 Å². The van der Waals surface area contributed by atoms with E-state index in [-0.39, 0.29) is 48.6 Å². The Hall–Kier alpha value is -1.35. The van der Waals surface area contributed by atoms with E-state index in [1.165, 1.54) is 5.56 Å². The molecule has 0 aromatic heterocycles. The van der Waals surface area contributed by atoms with Crippen molar-refractivity contribution in [2.24, 2.45) is 4.99 Å². The molecule has 2 rings (SSSR count). The Balaban J connectivity index is 0.00000420. The second-order valence-electron chi connectivity index (χ2n) is 8.03. The molecular formula is C22H37IN4O2. The summed E-state index contributed by atoms with van der Waals surface area (Å²) in [5.74, 6) is 0.683. The number of carbonyl (C=O) groups excluding carboxylic acids is 1. The topological polar surface area (TPSA) is 66.0 Å². The smallest absolute Gasteiger partial charge is 0.243 e. The number of hydrogen-bond donors (Lipinski definition) is 2. The highest BCUT2D eigenvalue weighted by molar-refractivity contribution is 14.0. The number of aliphatic imine (C=N–C) groups is 1. The first kappa shape index (κ1) is 25.7. The number of halogens is 1. The lowest BCUT2D eigenvalue weighted by atomic mass is 9.93. The van der Waals surface area contributed by atoms with E-state index in [0.29, 0.717) is 18.1 Å². The Bertz CT molecular complexity index is 629. The van der Waals surface area contributed by atoms with E-state index in [2.05, 4.69) is 48.5 Å². The highest BCUT2D eigenvalue weighted by Gasteiger charge is 2.23. The summed E-state index contributed by atoms with van der Waals surface area (Å²) in [5.41, 5.74) is 1.19. The number of nitrogens with zero attached hydrogens (tertiary/aromatic N) is 2. The molecule has 0 heterocycles. The summed E-state index contributed by atoms with van der Waals surface area (Å²) in [6, 6.07) is 10.7. The van der Waals surface area contributed by atoms with E-state index in [0.717, 1.165) is 25.7 Å². The maximum atomic E-state index is 12.0. The van der Waals surface area contributed by atoms with Crippen LogP contribution < -0.4 is 10.6 Å². The van der Waals surface area contributed by atoms with E-state index in [4.69, 9.17) is 4.74 Å². The Morgan fingerprint density at radius 2 is 1.76 bits per heavy atom. The molecule has 1 aromatic carbocycles. The maximum absolute atomic E-state index is 12.0. The molecule has 1 amide bonds. The molecule has 164 valence electrons. The van der Waals surface area contributed by atoms with E-state index < -0.39 is 0 Å². The Morgan fingerprint density at radius 1 is 1.14 bits per heavy atom. The molecule has 1 aliphatic carbocycles. The van der Waals surface area contributed by atoms with Gasteiger partial charge in [-0.2, -0.15) is 0 Å². The molecule has 1 unspecified atom stereocenters. The van der Waals surface area contributed by atoms with Crippen molar-refractivity contribution in [1.82, 2.24) is 15.5 Å². The fraction of sp³-hybridized carbons (Fsp3) is 0.636. The fourth-order valence-electron chi connectivity index (χ4n) is 3.37. The Labute approximate surface area is 192 Å². The van der Waals surface area contributed by atoms with Crippen LogP contribution in [-0.2, 0) is 9.53 Å². The van der Waals surface area contributed by atoms with Crippen molar-refractivity contribution in [3.8, 4) is 0 Å². The van der Waals surface area contributed by atoms with Crippen molar-refractivity contribution in [3.63, 3.8) is 0 Å². The van der Waals surface area contributed by atoms with Gasteiger partial charge < -0.3 is 20.3 Å². The normalized spacial score (nSPS) is 20.6. The lowest BCUT2D eigenvalue weighted by Gasteiger charge is -2.31. The standard InChI is InChI=1S/C22H36N4O2.HI/c1-16(2)28-20-13-11-19(12-14-20)25-22(23-15-21(27)26(4)5)24-17(3)18-9-7-6-8-10-18;/h6-10,16-17,19-20H,11-15H2,1-5H3,(H2,23,24,25);1H. The van der Waals surface area contributed by atoms with Crippen LogP contribution in [0.25, 0.3) is 0 Å². The number of ether oxygens (including phenoxy) is 1. The lowest BCUT2D eigenvalue weighted by Crippen LogP contribution is -2.46. The van der Waals surface area contributed by atoms with Crippen LogP contribution in [0.15, 0.2) is 35.3 Å². The summed E-state index contributed by atoms with van der Waals surface area (Å²) in [6.45, 7) is 6.42. The first-order valence-electron chi connectivity index (χ1n) is 10.3. The highest BCUT2D eigenvalue weighted by Crippen LogP contribution is 2.22. The van der Waals surface area contributed by atoms with Crippen LogP contribution >= 0.6 is 24.0 Å². The third-order valence-electron chi connectivity index (χ3n) is 5.00. The molecular weight excluding hydrogens is 479 g/mol. The van der Waals surface area contributed by atoms with E-state index in [1.807, 2.05) is 18.2 Å². The monoisotopic (exact) mass is 516 g/mol. The molecule has 2 N–H and O–H groups in total. The average molecular weight is 516 g/mol. The predicted molar refractivity (Wildman–Crippen MR) is 130 cm³/mol. The van der Waals surface area contributed by atoms with Crippen molar-refractivity contribution in [2.45, 2.75) is 70.7 Å². The molecule has 1 saturated carbocycles. The molecule has 29 heavy (non-hydrogen) atoms. The molecule has 0 spiro atoms. The van der Waals surface area contributed by atoms with Gasteiger partial charge in [0.2, 0.25) is 5.91 Å². The zero-order valence-corrected chi connectivity index (χ0v) is 20.7. The molecule has 0 radical (unpaired) electrons. The quantitative estimate of drug-likeness (QED) is 0.330. The van der Waals surface area contributed by atoms with Crippen molar-refractivity contribution in [3.05, 3.63) is 35.9 Å². The molecule has 1 aromatic rings. The molecule has 1 fully saturated rings. The van der Waals surface area contributed by atoms with E-state index in [1.54, 1.807) is 19.0 Å². The maximum Gasteiger partial charge on any atom is 0.243 e. The molecule has 7 heteroatoms. The number of benzene rings is 1. The molecule has 0 aliphatic heterocycles. The minimum absolute atomic E-state index is 0. The molecule has 0 saturated heterocycles. The molecule has 6 nitrogen and oxygen atoms in total. The second-order valence-corrected chi connectivity index (χ2v) is 8.03. The van der Waals surface area contributed by atoms with Gasteiger partial charge in [-0.1, -0.05) is 30.3 Å². The molecule has 1 atom stereocenters. The number of carbonyl (C=O) groups is 1. The summed E-state index contributed by atoms with van der Waals surface area (Å²) in [6.07, 6.45) is 4.81. The van der Waals surface area contributed by atoms with Crippen molar-refractivity contribution in [1.29, 1.82) is 0 Å². The number of guanidine groups is 1. The van der Waals surface area contributed by atoms with Gasteiger partial charge in [0.25, 0.3) is 0 Å². The van der Waals surface area contributed by atoms with Crippen LogP contribution in [0.2, 0.25) is 0 Å². The number of nitrogens with one attached hydrogen (secondary N) is 2. The van der Waals surface area contributed by atoms with Gasteiger partial charge in [0.15, 0.2) is 5.96 Å². The van der Waals surface area contributed by atoms with Crippen LogP contribution in [0.5, 0.6) is 0 Å². The van der Waals surface area contributed by atoms with Gasteiger partial charge in [-0.3, -0.25) is 4.79 Å². The van der Waals surface area contributed by atoms with Crippen molar-refractivity contribution < 1.29 is 9.53 Å². The minimum Gasteiger partial charge on any atom is -0.376 e. The predicted octanol–water partition coefficient (Wildman–Crippen LogP) is 3.73. The molecule has 1 aliphatic rings.